The van der Waals surface area contributed by atoms with Gasteiger partial charge < -0.3 is 9.47 Å². The van der Waals surface area contributed by atoms with E-state index >= 15 is 0 Å². The van der Waals surface area contributed by atoms with E-state index in [9.17, 15) is 9.00 Å². The average Bonchev–Trinajstić information content (AvgIpc) is 2.93. The molecule has 0 spiro atoms. The summed E-state index contributed by atoms with van der Waals surface area (Å²) in [5, 5.41) is 0. The van der Waals surface area contributed by atoms with Crippen molar-refractivity contribution in [2.24, 2.45) is 0 Å². The molecule has 4 rings (SSSR count). The molecule has 2 aliphatic heterocycles. The minimum Gasteiger partial charge on any atom is -0.381 e. The van der Waals surface area contributed by atoms with Gasteiger partial charge in [-0.3, -0.25) is 14.0 Å². The van der Waals surface area contributed by atoms with Crippen LogP contribution in [0.5, 0.6) is 0 Å². The fraction of sp³-hybridized carbons (Fsp3) is 0.556. The number of nitrogens with zero attached hydrogens (tertiary/aromatic N) is 1. The predicted molar refractivity (Wildman–Crippen MR) is 135 cm³/mol. The van der Waals surface area contributed by atoms with Crippen LogP contribution >= 0.6 is 0 Å². The number of pyridine rings is 1. The fourth-order valence-electron chi connectivity index (χ4n) is 4.52. The molecule has 1 aromatic carbocycles. The van der Waals surface area contributed by atoms with Crippen LogP contribution in [-0.4, -0.2) is 46.0 Å². The molecule has 8 heteroatoms. The molecule has 2 aliphatic rings. The first-order valence-electron chi connectivity index (χ1n) is 12.7. The number of rotatable bonds is 10. The number of hydrogen-bond acceptors (Lipinski definition) is 6. The Kier molecular flexibility index (Phi) is 9.43. The summed E-state index contributed by atoms with van der Waals surface area (Å²) in [5.41, 5.74) is 5.70. The third kappa shape index (κ3) is 6.55. The third-order valence-corrected chi connectivity index (χ3v) is 8.73. The Morgan fingerprint density at radius 3 is 2.57 bits per heavy atom. The molecule has 0 aliphatic carbocycles. The normalized spacial score (nSPS) is 20.8. The Balaban J connectivity index is 1.44. The minimum absolute atomic E-state index is 0.349. The van der Waals surface area contributed by atoms with Crippen LogP contribution in [0.1, 0.15) is 63.9 Å². The molecule has 2 aromatic rings. The zero-order valence-corrected chi connectivity index (χ0v) is 21.3. The molecule has 0 radical (unpaired) electrons. The molecule has 190 valence electrons. The van der Waals surface area contributed by atoms with E-state index in [4.69, 9.17) is 14.3 Å². The van der Waals surface area contributed by atoms with Crippen LogP contribution in [0.25, 0.3) is 11.3 Å². The van der Waals surface area contributed by atoms with Gasteiger partial charge in [-0.15, -0.1) is 0 Å². The molecular formula is C27H36N2O5S. The highest BCUT2D eigenvalue weighted by Gasteiger charge is 2.47. The van der Waals surface area contributed by atoms with Crippen LogP contribution in [-0.2, 0) is 36.3 Å². The highest BCUT2D eigenvalue weighted by Crippen LogP contribution is 2.33. The molecular weight excluding hydrogens is 464 g/mol. The number of unbranched alkanes of at least 4 members (excludes halogenated alkanes) is 2. The highest BCUT2D eigenvalue weighted by atomic mass is 32.2. The highest BCUT2D eigenvalue weighted by molar-refractivity contribution is 7.87. The summed E-state index contributed by atoms with van der Waals surface area (Å²) in [7, 11) is -1.61. The van der Waals surface area contributed by atoms with Crippen molar-refractivity contribution in [3.63, 3.8) is 0 Å². The third-order valence-electron chi connectivity index (χ3n) is 6.76. The maximum Gasteiger partial charge on any atom is 0.263 e. The fourth-order valence-corrected chi connectivity index (χ4v) is 6.06. The second-order valence-electron chi connectivity index (χ2n) is 9.25. The van der Waals surface area contributed by atoms with Crippen molar-refractivity contribution in [2.45, 2.75) is 80.6 Å². The number of carbonyl (C=O) groups is 1. The SMILES string of the molecule is CCCCCc1ccc(-c2ccc(S(=O)C3(C(=O)NOC4CCCCO4)CCOCC3)cn2)cc1. The smallest absolute Gasteiger partial charge is 0.263 e. The zero-order valence-electron chi connectivity index (χ0n) is 20.5. The summed E-state index contributed by atoms with van der Waals surface area (Å²) in [6.07, 6.45) is 9.32. The van der Waals surface area contributed by atoms with E-state index in [2.05, 4.69) is 41.7 Å². The van der Waals surface area contributed by atoms with Gasteiger partial charge in [0.2, 0.25) is 0 Å². The Bertz CT molecular complexity index is 968. The van der Waals surface area contributed by atoms with Crippen LogP contribution in [0.3, 0.4) is 0 Å². The number of ether oxygens (including phenoxy) is 2. The maximum atomic E-state index is 13.7. The van der Waals surface area contributed by atoms with Gasteiger partial charge in [0.25, 0.3) is 5.91 Å². The van der Waals surface area contributed by atoms with E-state index in [-0.39, 0.29) is 0 Å². The average molecular weight is 501 g/mol. The van der Waals surface area contributed by atoms with Crippen LogP contribution in [0.15, 0.2) is 47.5 Å². The standard InChI is InChI=1S/C27H36N2O5S/c1-2-3-4-7-21-9-11-22(12-10-21)24-14-13-23(20-28-24)35(31)27(15-18-32-19-16-27)26(30)29-34-25-8-5-6-17-33-25/h9-14,20,25H,2-8,15-19H2,1H3,(H,29,30). The molecule has 7 nitrogen and oxygen atoms in total. The van der Waals surface area contributed by atoms with E-state index < -0.39 is 27.7 Å². The summed E-state index contributed by atoms with van der Waals surface area (Å²) >= 11 is 0. The molecule has 2 unspecified atom stereocenters. The van der Waals surface area contributed by atoms with Crippen LogP contribution in [0.4, 0.5) is 0 Å². The van der Waals surface area contributed by atoms with E-state index in [1.165, 1.54) is 24.8 Å². The topological polar surface area (TPSA) is 86.8 Å². The van der Waals surface area contributed by atoms with Crippen molar-refractivity contribution in [2.75, 3.05) is 19.8 Å². The van der Waals surface area contributed by atoms with Gasteiger partial charge in [0.15, 0.2) is 6.29 Å². The van der Waals surface area contributed by atoms with Gasteiger partial charge in [-0.1, -0.05) is 44.0 Å². The van der Waals surface area contributed by atoms with Crippen molar-refractivity contribution in [1.82, 2.24) is 10.5 Å². The van der Waals surface area contributed by atoms with E-state index in [1.807, 2.05) is 12.1 Å². The molecule has 1 N–H and O–H groups in total. The molecule has 2 atom stereocenters. The van der Waals surface area contributed by atoms with Crippen molar-refractivity contribution in [3.05, 3.63) is 48.2 Å². The zero-order chi connectivity index (χ0) is 24.5. The quantitative estimate of drug-likeness (QED) is 0.376. The summed E-state index contributed by atoms with van der Waals surface area (Å²) in [4.78, 5) is 23.8. The lowest BCUT2D eigenvalue weighted by atomic mass is 9.98. The van der Waals surface area contributed by atoms with Gasteiger partial charge in [-0.2, -0.15) is 0 Å². The molecule has 0 bridgehead atoms. The van der Waals surface area contributed by atoms with Crippen molar-refractivity contribution < 1.29 is 23.3 Å². The summed E-state index contributed by atoms with van der Waals surface area (Å²) < 4.78 is 23.6. The van der Waals surface area contributed by atoms with Crippen LogP contribution in [0, 0.1) is 0 Å². The molecule has 0 saturated carbocycles. The number of aryl methyl sites for hydroxylation is 1. The van der Waals surface area contributed by atoms with Gasteiger partial charge in [0.05, 0.1) is 21.4 Å². The first kappa shape index (κ1) is 25.9. The van der Waals surface area contributed by atoms with Crippen LogP contribution < -0.4 is 5.48 Å². The first-order chi connectivity index (χ1) is 17.1. The van der Waals surface area contributed by atoms with E-state index in [1.54, 1.807) is 6.20 Å². The van der Waals surface area contributed by atoms with E-state index in [0.29, 0.717) is 37.6 Å². The summed E-state index contributed by atoms with van der Waals surface area (Å²) in [5.74, 6) is -0.393. The maximum absolute atomic E-state index is 13.7. The second kappa shape index (κ2) is 12.7. The Hall–Kier alpha value is -2.13. The lowest BCUT2D eigenvalue weighted by Gasteiger charge is -2.35. The lowest BCUT2D eigenvalue weighted by molar-refractivity contribution is -0.202. The molecule has 2 fully saturated rings. The summed E-state index contributed by atoms with van der Waals surface area (Å²) in [6, 6.07) is 12.1. The Labute approximate surface area is 210 Å². The molecule has 35 heavy (non-hydrogen) atoms. The number of hydrogen-bond donors (Lipinski definition) is 1. The number of aromatic nitrogens is 1. The molecule has 1 aromatic heterocycles. The second-order valence-corrected chi connectivity index (χ2v) is 11.0. The molecule has 3 heterocycles. The predicted octanol–water partition coefficient (Wildman–Crippen LogP) is 4.71. The number of benzene rings is 1. The van der Waals surface area contributed by atoms with Gasteiger partial charge in [-0.05, 0) is 56.2 Å². The van der Waals surface area contributed by atoms with Gasteiger partial charge in [0.1, 0.15) is 4.75 Å². The molecule has 1 amide bonds. The Morgan fingerprint density at radius 1 is 1.11 bits per heavy atom. The first-order valence-corrected chi connectivity index (χ1v) is 13.9. The number of amides is 1. The number of nitrogens with one attached hydrogen (secondary N) is 1. The van der Waals surface area contributed by atoms with Crippen LogP contribution in [0.2, 0.25) is 0 Å². The number of carbonyl (C=O) groups excluding carboxylic acids is 1. The largest absolute Gasteiger partial charge is 0.381 e. The van der Waals surface area contributed by atoms with Gasteiger partial charge >= 0.3 is 0 Å². The van der Waals surface area contributed by atoms with Crippen molar-refractivity contribution in [3.8, 4) is 11.3 Å². The summed E-state index contributed by atoms with van der Waals surface area (Å²) in [6.45, 7) is 3.57. The monoisotopic (exact) mass is 500 g/mol. The molecule has 2 saturated heterocycles. The van der Waals surface area contributed by atoms with Crippen molar-refractivity contribution >= 4 is 16.7 Å². The lowest BCUT2D eigenvalue weighted by Crippen LogP contribution is -2.54. The minimum atomic E-state index is -1.61. The van der Waals surface area contributed by atoms with E-state index in [0.717, 1.165) is 36.9 Å². The van der Waals surface area contributed by atoms with Gasteiger partial charge in [-0.25, -0.2) is 10.3 Å². The number of hydroxylamine groups is 1. The van der Waals surface area contributed by atoms with Crippen molar-refractivity contribution in [1.29, 1.82) is 0 Å². The Morgan fingerprint density at radius 2 is 1.91 bits per heavy atom. The van der Waals surface area contributed by atoms with Gasteiger partial charge in [0, 0.05) is 38.0 Å².